The number of halogens is 2. The molecule has 0 saturated carbocycles. The van der Waals surface area contributed by atoms with Gasteiger partial charge in [0, 0.05) is 8.04 Å². The van der Waals surface area contributed by atoms with Gasteiger partial charge in [-0.15, -0.1) is 0 Å². The van der Waals surface area contributed by atoms with Crippen LogP contribution in [0.4, 0.5) is 0 Å². The normalized spacial score (nSPS) is 9.47. The van der Waals surface area contributed by atoms with E-state index in [0.29, 0.717) is 5.56 Å². The molecule has 78 valence electrons. The summed E-state index contributed by atoms with van der Waals surface area (Å²) in [5.41, 5.74) is 1.42. The maximum atomic E-state index is 11.1. The Labute approximate surface area is 110 Å². The van der Waals surface area contributed by atoms with Crippen molar-refractivity contribution in [3.8, 4) is 6.07 Å². The highest BCUT2D eigenvalue weighted by Crippen LogP contribution is 2.27. The van der Waals surface area contributed by atoms with Gasteiger partial charge < -0.3 is 4.74 Å². The largest absolute Gasteiger partial charge is 0.469 e. The van der Waals surface area contributed by atoms with Crippen LogP contribution in [0.5, 0.6) is 0 Å². The highest BCUT2D eigenvalue weighted by molar-refractivity contribution is 14.1. The molecular formula is C10H7BrINO2. The van der Waals surface area contributed by atoms with E-state index in [4.69, 9.17) is 5.26 Å². The molecule has 0 heterocycles. The molecule has 0 atom stereocenters. The molecular weight excluding hydrogens is 373 g/mol. The highest BCUT2D eigenvalue weighted by Gasteiger charge is 2.11. The van der Waals surface area contributed by atoms with Crippen molar-refractivity contribution in [1.82, 2.24) is 0 Å². The standard InChI is InChI=1S/C10H7BrINO2/c1-15-8(14)4-6-2-3-7(5-13)10(12)9(6)11/h2-3H,4H2,1H3. The fraction of sp³-hybridized carbons (Fsp3) is 0.200. The molecule has 0 aliphatic rings. The minimum atomic E-state index is -0.295. The molecule has 1 rings (SSSR count). The average molecular weight is 380 g/mol. The lowest BCUT2D eigenvalue weighted by atomic mass is 10.1. The topological polar surface area (TPSA) is 50.1 Å². The van der Waals surface area contributed by atoms with Crippen LogP contribution in [0.1, 0.15) is 11.1 Å². The molecule has 0 bridgehead atoms. The summed E-state index contributed by atoms with van der Waals surface area (Å²) in [6, 6.07) is 5.53. The van der Waals surface area contributed by atoms with Crippen molar-refractivity contribution in [3.63, 3.8) is 0 Å². The molecule has 1 aromatic rings. The number of nitrogens with zero attached hydrogens (tertiary/aromatic N) is 1. The van der Waals surface area contributed by atoms with Crippen molar-refractivity contribution in [2.45, 2.75) is 6.42 Å². The van der Waals surface area contributed by atoms with Crippen molar-refractivity contribution in [2.24, 2.45) is 0 Å². The summed E-state index contributed by atoms with van der Waals surface area (Å²) < 4.78 is 6.18. The molecule has 0 radical (unpaired) electrons. The second-order valence-corrected chi connectivity index (χ2v) is 4.64. The number of nitriles is 1. The van der Waals surface area contributed by atoms with Crippen LogP contribution in [0.3, 0.4) is 0 Å². The number of carbonyl (C=O) groups excluding carboxylic acids is 1. The summed E-state index contributed by atoms with van der Waals surface area (Å²) in [7, 11) is 1.35. The zero-order valence-electron chi connectivity index (χ0n) is 7.88. The molecule has 0 aliphatic carbocycles. The Morgan fingerprint density at radius 2 is 2.33 bits per heavy atom. The first-order valence-corrected chi connectivity index (χ1v) is 5.91. The van der Waals surface area contributed by atoms with Crippen molar-refractivity contribution in [1.29, 1.82) is 5.26 Å². The van der Waals surface area contributed by atoms with Crippen LogP contribution in [0.2, 0.25) is 0 Å². The minimum Gasteiger partial charge on any atom is -0.469 e. The van der Waals surface area contributed by atoms with Crippen molar-refractivity contribution >= 4 is 44.5 Å². The Morgan fingerprint density at radius 1 is 1.67 bits per heavy atom. The van der Waals surface area contributed by atoms with Crippen molar-refractivity contribution in [2.75, 3.05) is 7.11 Å². The third-order valence-electron chi connectivity index (χ3n) is 1.85. The van der Waals surface area contributed by atoms with Crippen LogP contribution < -0.4 is 0 Å². The second kappa shape index (κ2) is 5.47. The third kappa shape index (κ3) is 2.92. The number of hydrogen-bond acceptors (Lipinski definition) is 3. The summed E-state index contributed by atoms with van der Waals surface area (Å²) in [5, 5.41) is 8.79. The van der Waals surface area contributed by atoms with Crippen LogP contribution in [-0.4, -0.2) is 13.1 Å². The van der Waals surface area contributed by atoms with Gasteiger partial charge >= 0.3 is 5.97 Å². The first-order chi connectivity index (χ1) is 7.10. The van der Waals surface area contributed by atoms with Gasteiger partial charge in [-0.3, -0.25) is 4.79 Å². The second-order valence-electron chi connectivity index (χ2n) is 2.76. The SMILES string of the molecule is COC(=O)Cc1ccc(C#N)c(I)c1Br. The van der Waals surface area contributed by atoms with Crippen LogP contribution in [0, 0.1) is 14.9 Å². The number of benzene rings is 1. The van der Waals surface area contributed by atoms with Gasteiger partial charge in [0.1, 0.15) is 6.07 Å². The van der Waals surface area contributed by atoms with Gasteiger partial charge in [0.15, 0.2) is 0 Å². The fourth-order valence-electron chi connectivity index (χ4n) is 1.04. The molecule has 0 aliphatic heterocycles. The molecule has 15 heavy (non-hydrogen) atoms. The van der Waals surface area contributed by atoms with E-state index in [1.54, 1.807) is 12.1 Å². The maximum absolute atomic E-state index is 11.1. The Balaban J connectivity index is 3.08. The molecule has 0 aromatic heterocycles. The van der Waals surface area contributed by atoms with E-state index >= 15 is 0 Å². The van der Waals surface area contributed by atoms with E-state index in [1.807, 2.05) is 0 Å². The van der Waals surface area contributed by atoms with E-state index in [-0.39, 0.29) is 12.4 Å². The van der Waals surface area contributed by atoms with Crippen LogP contribution in [0.15, 0.2) is 16.6 Å². The molecule has 0 unspecified atom stereocenters. The highest BCUT2D eigenvalue weighted by atomic mass is 127. The Hall–Kier alpha value is -0.610. The molecule has 3 nitrogen and oxygen atoms in total. The van der Waals surface area contributed by atoms with E-state index < -0.39 is 0 Å². The molecule has 0 fully saturated rings. The number of esters is 1. The smallest absolute Gasteiger partial charge is 0.310 e. The number of rotatable bonds is 2. The first kappa shape index (κ1) is 12.5. The Bertz CT molecular complexity index is 440. The predicted octanol–water partition coefficient (Wildman–Crippen LogP) is 2.64. The van der Waals surface area contributed by atoms with E-state index in [1.165, 1.54) is 7.11 Å². The van der Waals surface area contributed by atoms with Crippen LogP contribution >= 0.6 is 38.5 Å². The lowest BCUT2D eigenvalue weighted by Gasteiger charge is -2.06. The zero-order valence-corrected chi connectivity index (χ0v) is 11.6. The lowest BCUT2D eigenvalue weighted by Crippen LogP contribution is -2.05. The Morgan fingerprint density at radius 3 is 2.87 bits per heavy atom. The lowest BCUT2D eigenvalue weighted by molar-refractivity contribution is -0.139. The van der Waals surface area contributed by atoms with Crippen molar-refractivity contribution in [3.05, 3.63) is 31.3 Å². The fourth-order valence-corrected chi connectivity index (χ4v) is 2.17. The quantitative estimate of drug-likeness (QED) is 0.586. The molecule has 0 N–H and O–H groups in total. The molecule has 5 heteroatoms. The van der Waals surface area contributed by atoms with Gasteiger partial charge in [0.25, 0.3) is 0 Å². The van der Waals surface area contributed by atoms with E-state index in [9.17, 15) is 4.79 Å². The van der Waals surface area contributed by atoms with Gasteiger partial charge in [-0.2, -0.15) is 5.26 Å². The average Bonchev–Trinajstić information content (AvgIpc) is 2.25. The van der Waals surface area contributed by atoms with Crippen molar-refractivity contribution < 1.29 is 9.53 Å². The number of methoxy groups -OCH3 is 1. The van der Waals surface area contributed by atoms with Gasteiger partial charge in [-0.1, -0.05) is 6.07 Å². The number of carbonyl (C=O) groups is 1. The summed E-state index contributed by atoms with van der Waals surface area (Å²) in [6.45, 7) is 0. The Kier molecular flexibility index (Phi) is 4.54. The van der Waals surface area contributed by atoms with Gasteiger partial charge in [-0.25, -0.2) is 0 Å². The monoisotopic (exact) mass is 379 g/mol. The van der Waals surface area contributed by atoms with Gasteiger partial charge in [0.2, 0.25) is 0 Å². The van der Waals surface area contributed by atoms with Crippen LogP contribution in [0.25, 0.3) is 0 Å². The first-order valence-electron chi connectivity index (χ1n) is 4.04. The van der Waals surface area contributed by atoms with Crippen LogP contribution in [-0.2, 0) is 16.0 Å². The predicted molar refractivity (Wildman–Crippen MR) is 67.3 cm³/mol. The zero-order chi connectivity index (χ0) is 11.4. The summed E-state index contributed by atoms with van der Waals surface area (Å²) in [6.07, 6.45) is 0.207. The molecule has 0 spiro atoms. The number of hydrogen-bond donors (Lipinski definition) is 0. The van der Waals surface area contributed by atoms with E-state index in [2.05, 4.69) is 49.3 Å². The van der Waals surface area contributed by atoms with E-state index in [0.717, 1.165) is 13.6 Å². The number of ether oxygens (including phenoxy) is 1. The molecule has 0 amide bonds. The van der Waals surface area contributed by atoms with Gasteiger partial charge in [0.05, 0.1) is 19.1 Å². The summed E-state index contributed by atoms with van der Waals surface area (Å²) >= 11 is 5.43. The maximum Gasteiger partial charge on any atom is 0.310 e. The molecule has 1 aromatic carbocycles. The summed E-state index contributed by atoms with van der Waals surface area (Å²) in [4.78, 5) is 11.1. The third-order valence-corrected chi connectivity index (χ3v) is 4.61. The summed E-state index contributed by atoms with van der Waals surface area (Å²) in [5.74, 6) is -0.295. The minimum absolute atomic E-state index is 0.207. The van der Waals surface area contributed by atoms with Gasteiger partial charge in [-0.05, 0) is 50.2 Å². The molecule has 0 saturated heterocycles.